The summed E-state index contributed by atoms with van der Waals surface area (Å²) < 4.78 is 1.78. The van der Waals surface area contributed by atoms with Crippen molar-refractivity contribution in [2.24, 2.45) is 0 Å². The maximum Gasteiger partial charge on any atom is 0.228 e. The second-order valence-electron chi connectivity index (χ2n) is 5.06. The molecule has 1 amide bonds. The van der Waals surface area contributed by atoms with Crippen molar-refractivity contribution in [3.05, 3.63) is 42.2 Å². The van der Waals surface area contributed by atoms with Crippen LogP contribution in [0, 0.1) is 0 Å². The Labute approximate surface area is 118 Å². The van der Waals surface area contributed by atoms with Gasteiger partial charge in [0.25, 0.3) is 0 Å². The summed E-state index contributed by atoms with van der Waals surface area (Å²) in [5.74, 6) is 0.145. The Kier molecular flexibility index (Phi) is 3.41. The van der Waals surface area contributed by atoms with Gasteiger partial charge >= 0.3 is 0 Å². The molecule has 0 aliphatic carbocycles. The van der Waals surface area contributed by atoms with Crippen LogP contribution in [0.4, 0.5) is 11.4 Å². The number of aryl methyl sites for hydroxylation is 2. The summed E-state index contributed by atoms with van der Waals surface area (Å²) in [5.41, 5.74) is 8.75. The third kappa shape index (κ3) is 2.52. The number of carbonyl (C=O) groups is 1. The monoisotopic (exact) mass is 270 g/mol. The molecule has 0 unspecified atom stereocenters. The number of fused-ring (bicyclic) bond motifs is 1. The average molecular weight is 270 g/mol. The molecule has 0 spiro atoms. The zero-order valence-corrected chi connectivity index (χ0v) is 11.3. The minimum Gasteiger partial charge on any atom is -0.399 e. The lowest BCUT2D eigenvalue weighted by atomic mass is 10.0. The molecule has 2 aromatic rings. The van der Waals surface area contributed by atoms with Crippen LogP contribution < -0.4 is 10.6 Å². The Bertz CT molecular complexity index is 606. The first kappa shape index (κ1) is 12.7. The van der Waals surface area contributed by atoms with Crippen LogP contribution in [0.25, 0.3) is 0 Å². The minimum absolute atomic E-state index is 0.145. The van der Waals surface area contributed by atoms with Crippen molar-refractivity contribution in [2.45, 2.75) is 25.8 Å². The Hall–Kier alpha value is -2.30. The number of rotatable bonds is 3. The number of nitrogens with zero attached hydrogens (tertiary/aromatic N) is 3. The van der Waals surface area contributed by atoms with Gasteiger partial charge in [-0.15, -0.1) is 0 Å². The summed E-state index contributed by atoms with van der Waals surface area (Å²) in [6, 6.07) is 7.65. The number of nitrogen functional groups attached to an aromatic ring is 1. The number of benzene rings is 1. The summed E-state index contributed by atoms with van der Waals surface area (Å²) in [7, 11) is 0. The van der Waals surface area contributed by atoms with Gasteiger partial charge in [-0.3, -0.25) is 9.48 Å². The van der Waals surface area contributed by atoms with Crippen LogP contribution in [0.2, 0.25) is 0 Å². The van der Waals surface area contributed by atoms with Crippen molar-refractivity contribution in [1.82, 2.24) is 9.78 Å². The largest absolute Gasteiger partial charge is 0.399 e. The number of hydrogen-bond acceptors (Lipinski definition) is 3. The summed E-state index contributed by atoms with van der Waals surface area (Å²) in [6.07, 6.45) is 6.04. The van der Waals surface area contributed by atoms with Gasteiger partial charge in [-0.1, -0.05) is 0 Å². The standard InChI is InChI=1S/C15H18N4O/c16-13-4-5-14-12(11-13)3-1-9-19(14)15(20)6-10-18-8-2-7-17-18/h2,4-5,7-8,11H,1,3,6,9-10,16H2. The second kappa shape index (κ2) is 5.36. The van der Waals surface area contributed by atoms with Crippen LogP contribution in [0.5, 0.6) is 0 Å². The van der Waals surface area contributed by atoms with Gasteiger partial charge in [0.15, 0.2) is 0 Å². The zero-order chi connectivity index (χ0) is 13.9. The maximum absolute atomic E-state index is 12.4. The number of nitrogens with two attached hydrogens (primary N) is 1. The number of hydrogen-bond donors (Lipinski definition) is 1. The lowest BCUT2D eigenvalue weighted by molar-refractivity contribution is -0.119. The van der Waals surface area contributed by atoms with Crippen LogP contribution in [-0.4, -0.2) is 22.2 Å². The van der Waals surface area contributed by atoms with E-state index in [4.69, 9.17) is 5.73 Å². The van der Waals surface area contributed by atoms with E-state index in [-0.39, 0.29) is 5.91 Å². The summed E-state index contributed by atoms with van der Waals surface area (Å²) in [4.78, 5) is 14.3. The van der Waals surface area contributed by atoms with Crippen LogP contribution in [-0.2, 0) is 17.8 Å². The molecule has 1 aliphatic rings. The fraction of sp³-hybridized carbons (Fsp3) is 0.333. The molecule has 0 saturated carbocycles. The first-order chi connectivity index (χ1) is 9.74. The number of aromatic nitrogens is 2. The molecule has 0 saturated heterocycles. The lowest BCUT2D eigenvalue weighted by Crippen LogP contribution is -2.36. The quantitative estimate of drug-likeness (QED) is 0.865. The lowest BCUT2D eigenvalue weighted by Gasteiger charge is -2.29. The molecule has 5 heteroatoms. The highest BCUT2D eigenvalue weighted by Gasteiger charge is 2.22. The van der Waals surface area contributed by atoms with E-state index in [1.165, 1.54) is 5.56 Å². The average Bonchev–Trinajstić information content (AvgIpc) is 2.97. The molecule has 104 valence electrons. The molecule has 1 aromatic carbocycles. The highest BCUT2D eigenvalue weighted by molar-refractivity contribution is 5.94. The summed E-state index contributed by atoms with van der Waals surface area (Å²) in [5, 5.41) is 4.12. The van der Waals surface area contributed by atoms with Crippen molar-refractivity contribution in [1.29, 1.82) is 0 Å². The molecule has 0 radical (unpaired) electrons. The van der Waals surface area contributed by atoms with E-state index >= 15 is 0 Å². The zero-order valence-electron chi connectivity index (χ0n) is 11.3. The van der Waals surface area contributed by atoms with Crippen molar-refractivity contribution in [3.8, 4) is 0 Å². The smallest absolute Gasteiger partial charge is 0.228 e. The van der Waals surface area contributed by atoms with Crippen molar-refractivity contribution in [2.75, 3.05) is 17.2 Å². The first-order valence-electron chi connectivity index (χ1n) is 6.90. The predicted octanol–water partition coefficient (Wildman–Crippen LogP) is 1.83. The van der Waals surface area contributed by atoms with Gasteiger partial charge in [0.2, 0.25) is 5.91 Å². The Morgan fingerprint density at radius 2 is 2.30 bits per heavy atom. The van der Waals surface area contributed by atoms with E-state index in [0.29, 0.717) is 13.0 Å². The van der Waals surface area contributed by atoms with E-state index in [1.807, 2.05) is 35.4 Å². The van der Waals surface area contributed by atoms with Crippen molar-refractivity contribution >= 4 is 17.3 Å². The van der Waals surface area contributed by atoms with E-state index in [1.54, 1.807) is 10.9 Å². The van der Waals surface area contributed by atoms with Gasteiger partial charge in [-0.25, -0.2) is 0 Å². The third-order valence-electron chi connectivity index (χ3n) is 3.64. The molecule has 2 heterocycles. The molecular weight excluding hydrogens is 252 g/mol. The second-order valence-corrected chi connectivity index (χ2v) is 5.06. The molecule has 1 aromatic heterocycles. The SMILES string of the molecule is Nc1ccc2c(c1)CCCN2C(=O)CCn1cccn1. The number of carbonyl (C=O) groups excluding carboxylic acids is 1. The molecule has 0 atom stereocenters. The van der Waals surface area contributed by atoms with E-state index < -0.39 is 0 Å². The van der Waals surface area contributed by atoms with Gasteiger partial charge in [0, 0.05) is 43.3 Å². The Morgan fingerprint density at radius 3 is 3.10 bits per heavy atom. The first-order valence-corrected chi connectivity index (χ1v) is 6.90. The minimum atomic E-state index is 0.145. The molecule has 0 bridgehead atoms. The van der Waals surface area contributed by atoms with E-state index in [9.17, 15) is 4.79 Å². The molecule has 20 heavy (non-hydrogen) atoms. The van der Waals surface area contributed by atoms with Crippen LogP contribution in [0.3, 0.4) is 0 Å². The van der Waals surface area contributed by atoms with Crippen molar-refractivity contribution in [3.63, 3.8) is 0 Å². The van der Waals surface area contributed by atoms with Crippen LogP contribution in [0.1, 0.15) is 18.4 Å². The Balaban J connectivity index is 1.73. The number of anilines is 2. The van der Waals surface area contributed by atoms with Gasteiger partial charge < -0.3 is 10.6 Å². The van der Waals surface area contributed by atoms with E-state index in [0.717, 1.165) is 30.8 Å². The summed E-state index contributed by atoms with van der Waals surface area (Å²) >= 11 is 0. The fourth-order valence-electron chi connectivity index (χ4n) is 2.65. The van der Waals surface area contributed by atoms with Crippen molar-refractivity contribution < 1.29 is 4.79 Å². The van der Waals surface area contributed by atoms with Gasteiger partial charge in [-0.05, 0) is 42.7 Å². The predicted molar refractivity (Wildman–Crippen MR) is 78.4 cm³/mol. The van der Waals surface area contributed by atoms with Gasteiger partial charge in [0.05, 0.1) is 0 Å². The fourth-order valence-corrected chi connectivity index (χ4v) is 2.65. The molecule has 1 aliphatic heterocycles. The third-order valence-corrected chi connectivity index (χ3v) is 3.64. The van der Waals surface area contributed by atoms with Crippen LogP contribution >= 0.6 is 0 Å². The molecule has 2 N–H and O–H groups in total. The molecule has 0 fully saturated rings. The molecular formula is C15H18N4O. The van der Waals surface area contributed by atoms with E-state index in [2.05, 4.69) is 5.10 Å². The van der Waals surface area contributed by atoms with Crippen LogP contribution in [0.15, 0.2) is 36.7 Å². The highest BCUT2D eigenvalue weighted by atomic mass is 16.2. The normalized spacial score (nSPS) is 14.1. The van der Waals surface area contributed by atoms with Gasteiger partial charge in [0.1, 0.15) is 0 Å². The highest BCUT2D eigenvalue weighted by Crippen LogP contribution is 2.29. The Morgan fingerprint density at radius 1 is 1.40 bits per heavy atom. The topological polar surface area (TPSA) is 64.2 Å². The maximum atomic E-state index is 12.4. The van der Waals surface area contributed by atoms with Gasteiger partial charge in [-0.2, -0.15) is 5.10 Å². The number of amides is 1. The molecule has 3 rings (SSSR count). The summed E-state index contributed by atoms with van der Waals surface area (Å²) in [6.45, 7) is 1.40. The molecule has 5 nitrogen and oxygen atoms in total.